The molecule has 0 fully saturated rings. The van der Waals surface area contributed by atoms with Gasteiger partial charge in [0.25, 0.3) is 5.91 Å². The Balaban J connectivity index is 2.46. The number of alkyl halides is 1. The minimum atomic E-state index is 0.0557. The number of aliphatic hydroxyl groups excluding tert-OH is 1. The predicted molar refractivity (Wildman–Crippen MR) is 77.0 cm³/mol. The highest BCUT2D eigenvalue weighted by atomic mass is 79.9. The maximum atomic E-state index is 12.1. The number of carbonyl (C=O) groups excluding carboxylic acids is 1. The number of rotatable bonds is 7. The number of carbonyl (C=O) groups is 1. The van der Waals surface area contributed by atoms with Gasteiger partial charge in [-0.3, -0.25) is 4.79 Å². The zero-order chi connectivity index (χ0) is 13.4. The molecule has 0 spiro atoms. The van der Waals surface area contributed by atoms with E-state index >= 15 is 0 Å². The summed E-state index contributed by atoms with van der Waals surface area (Å²) in [4.78, 5) is 13.8. The Hall–Kier alpha value is -0.870. The average Bonchev–Trinajstić information content (AvgIpc) is 2.42. The molecular formula is C14H20BrNO2. The van der Waals surface area contributed by atoms with Crippen molar-refractivity contribution in [3.05, 3.63) is 35.4 Å². The van der Waals surface area contributed by atoms with Crippen LogP contribution < -0.4 is 0 Å². The zero-order valence-corrected chi connectivity index (χ0v) is 12.3. The molecule has 0 radical (unpaired) electrons. The highest BCUT2D eigenvalue weighted by molar-refractivity contribution is 9.08. The van der Waals surface area contributed by atoms with Crippen molar-refractivity contribution in [3.63, 3.8) is 0 Å². The Morgan fingerprint density at radius 3 is 2.44 bits per heavy atom. The normalized spacial score (nSPS) is 10.4. The summed E-state index contributed by atoms with van der Waals surface area (Å²) < 4.78 is 0. The number of amides is 1. The standard InChI is InChI=1S/C14H20BrNO2/c1-16(9-3-2-4-10-17)14(18)13-7-5-12(11-15)6-8-13/h5-8,17H,2-4,9-11H2,1H3. The third-order valence-corrected chi connectivity index (χ3v) is 3.50. The van der Waals surface area contributed by atoms with Crippen molar-refractivity contribution in [2.75, 3.05) is 20.2 Å². The highest BCUT2D eigenvalue weighted by Gasteiger charge is 2.10. The fourth-order valence-corrected chi connectivity index (χ4v) is 2.07. The molecular weight excluding hydrogens is 294 g/mol. The van der Waals surface area contributed by atoms with Gasteiger partial charge in [-0.15, -0.1) is 0 Å². The second kappa shape index (κ2) is 8.27. The van der Waals surface area contributed by atoms with E-state index in [4.69, 9.17) is 5.11 Å². The van der Waals surface area contributed by atoms with Crippen molar-refractivity contribution in [2.24, 2.45) is 0 Å². The van der Waals surface area contributed by atoms with Crippen LogP contribution in [0.4, 0.5) is 0 Å². The molecule has 0 saturated carbocycles. The first kappa shape index (κ1) is 15.2. The van der Waals surface area contributed by atoms with Crippen molar-refractivity contribution >= 4 is 21.8 Å². The van der Waals surface area contributed by atoms with Gasteiger partial charge in [0.2, 0.25) is 0 Å². The largest absolute Gasteiger partial charge is 0.396 e. The number of hydrogen-bond acceptors (Lipinski definition) is 2. The molecule has 4 heteroatoms. The molecule has 0 aromatic heterocycles. The number of benzene rings is 1. The average molecular weight is 314 g/mol. The van der Waals surface area contributed by atoms with E-state index in [9.17, 15) is 4.79 Å². The van der Waals surface area contributed by atoms with Gasteiger partial charge in [-0.1, -0.05) is 28.1 Å². The summed E-state index contributed by atoms with van der Waals surface area (Å²) in [6.07, 6.45) is 2.70. The molecule has 18 heavy (non-hydrogen) atoms. The molecule has 0 saturated heterocycles. The van der Waals surface area contributed by atoms with Crippen LogP contribution in [-0.2, 0) is 5.33 Å². The summed E-state index contributed by atoms with van der Waals surface area (Å²) in [5, 5.41) is 9.49. The SMILES string of the molecule is CN(CCCCCO)C(=O)c1ccc(CBr)cc1. The molecule has 0 unspecified atom stereocenters. The smallest absolute Gasteiger partial charge is 0.253 e. The van der Waals surface area contributed by atoms with Crippen molar-refractivity contribution in [2.45, 2.75) is 24.6 Å². The Morgan fingerprint density at radius 2 is 1.89 bits per heavy atom. The lowest BCUT2D eigenvalue weighted by atomic mass is 10.1. The molecule has 1 amide bonds. The van der Waals surface area contributed by atoms with Crippen molar-refractivity contribution in [3.8, 4) is 0 Å². The van der Waals surface area contributed by atoms with Crippen LogP contribution in [0.25, 0.3) is 0 Å². The van der Waals surface area contributed by atoms with Crippen LogP contribution in [0.5, 0.6) is 0 Å². The second-order valence-electron chi connectivity index (χ2n) is 4.34. The molecule has 0 heterocycles. The molecule has 3 nitrogen and oxygen atoms in total. The van der Waals surface area contributed by atoms with Gasteiger partial charge in [0.15, 0.2) is 0 Å². The van der Waals surface area contributed by atoms with Gasteiger partial charge in [-0.05, 0) is 37.0 Å². The number of halogens is 1. The first-order chi connectivity index (χ1) is 8.69. The van der Waals surface area contributed by atoms with E-state index in [0.29, 0.717) is 0 Å². The van der Waals surface area contributed by atoms with E-state index in [1.54, 1.807) is 4.90 Å². The van der Waals surface area contributed by atoms with Crippen molar-refractivity contribution in [1.82, 2.24) is 4.90 Å². The van der Waals surface area contributed by atoms with E-state index in [1.807, 2.05) is 31.3 Å². The fraction of sp³-hybridized carbons (Fsp3) is 0.500. The monoisotopic (exact) mass is 313 g/mol. The molecule has 0 bridgehead atoms. The topological polar surface area (TPSA) is 40.5 Å². The zero-order valence-electron chi connectivity index (χ0n) is 10.7. The van der Waals surface area contributed by atoms with E-state index in [2.05, 4.69) is 15.9 Å². The summed E-state index contributed by atoms with van der Waals surface area (Å²) in [6, 6.07) is 7.65. The number of nitrogens with zero attached hydrogens (tertiary/aromatic N) is 1. The minimum absolute atomic E-state index is 0.0557. The Bertz CT molecular complexity index is 365. The second-order valence-corrected chi connectivity index (χ2v) is 4.90. The summed E-state index contributed by atoms with van der Waals surface area (Å²) in [5.41, 5.74) is 1.89. The van der Waals surface area contributed by atoms with Crippen LogP contribution in [0.2, 0.25) is 0 Å². The Morgan fingerprint density at radius 1 is 1.22 bits per heavy atom. The van der Waals surface area contributed by atoms with Crippen LogP contribution in [-0.4, -0.2) is 36.1 Å². The van der Waals surface area contributed by atoms with Crippen LogP contribution in [0.15, 0.2) is 24.3 Å². The van der Waals surface area contributed by atoms with Crippen LogP contribution in [0.1, 0.15) is 35.2 Å². The fourth-order valence-electron chi connectivity index (χ4n) is 1.70. The molecule has 0 aliphatic rings. The summed E-state index contributed by atoms with van der Waals surface area (Å²) >= 11 is 3.38. The minimum Gasteiger partial charge on any atom is -0.396 e. The maximum Gasteiger partial charge on any atom is 0.253 e. The number of aliphatic hydroxyl groups is 1. The van der Waals surface area contributed by atoms with Crippen LogP contribution >= 0.6 is 15.9 Å². The molecule has 1 aromatic carbocycles. The van der Waals surface area contributed by atoms with Gasteiger partial charge >= 0.3 is 0 Å². The summed E-state index contributed by atoms with van der Waals surface area (Å²) in [5.74, 6) is 0.0557. The van der Waals surface area contributed by atoms with Gasteiger partial charge in [-0.25, -0.2) is 0 Å². The molecule has 1 rings (SSSR count). The maximum absolute atomic E-state index is 12.1. The van der Waals surface area contributed by atoms with Gasteiger partial charge in [0.1, 0.15) is 0 Å². The quantitative estimate of drug-likeness (QED) is 0.621. The summed E-state index contributed by atoms with van der Waals surface area (Å²) in [6.45, 7) is 0.963. The third-order valence-electron chi connectivity index (χ3n) is 2.85. The van der Waals surface area contributed by atoms with Crippen molar-refractivity contribution in [1.29, 1.82) is 0 Å². The van der Waals surface area contributed by atoms with Gasteiger partial charge < -0.3 is 10.0 Å². The first-order valence-electron chi connectivity index (χ1n) is 6.20. The Kier molecular flexibility index (Phi) is 6.98. The van der Waals surface area contributed by atoms with Crippen LogP contribution in [0.3, 0.4) is 0 Å². The number of unbranched alkanes of at least 4 members (excludes halogenated alkanes) is 2. The van der Waals surface area contributed by atoms with E-state index in [0.717, 1.165) is 42.3 Å². The molecule has 1 aromatic rings. The molecule has 1 N–H and O–H groups in total. The highest BCUT2D eigenvalue weighted by Crippen LogP contribution is 2.10. The van der Waals surface area contributed by atoms with E-state index in [1.165, 1.54) is 0 Å². The van der Waals surface area contributed by atoms with Crippen LogP contribution in [0, 0.1) is 0 Å². The lowest BCUT2D eigenvalue weighted by molar-refractivity contribution is 0.0792. The molecule has 100 valence electrons. The predicted octanol–water partition coefficient (Wildman–Crippen LogP) is 2.82. The number of hydrogen-bond donors (Lipinski definition) is 1. The Labute approximate surface area is 117 Å². The first-order valence-corrected chi connectivity index (χ1v) is 7.32. The molecule has 0 aliphatic heterocycles. The van der Waals surface area contributed by atoms with E-state index < -0.39 is 0 Å². The van der Waals surface area contributed by atoms with Gasteiger partial charge in [0, 0.05) is 31.1 Å². The van der Waals surface area contributed by atoms with Crippen molar-refractivity contribution < 1.29 is 9.90 Å². The summed E-state index contributed by atoms with van der Waals surface area (Å²) in [7, 11) is 1.82. The lowest BCUT2D eigenvalue weighted by Gasteiger charge is -2.17. The third kappa shape index (κ3) is 4.78. The van der Waals surface area contributed by atoms with Gasteiger partial charge in [0.05, 0.1) is 0 Å². The lowest BCUT2D eigenvalue weighted by Crippen LogP contribution is -2.27. The van der Waals surface area contributed by atoms with Gasteiger partial charge in [-0.2, -0.15) is 0 Å². The molecule has 0 aliphatic carbocycles. The van der Waals surface area contributed by atoms with E-state index in [-0.39, 0.29) is 12.5 Å². The molecule has 0 atom stereocenters.